The van der Waals surface area contributed by atoms with Crippen LogP contribution in [0.2, 0.25) is 0 Å². The second-order valence-electron chi connectivity index (χ2n) is 8.06. The van der Waals surface area contributed by atoms with Gasteiger partial charge in [0.25, 0.3) is 0 Å². The van der Waals surface area contributed by atoms with E-state index in [2.05, 4.69) is 15.6 Å². The van der Waals surface area contributed by atoms with Gasteiger partial charge in [0.2, 0.25) is 11.8 Å². The molecule has 1 atom stereocenters. The number of pyridine rings is 1. The number of carbonyl (C=O) groups is 1. The predicted octanol–water partition coefficient (Wildman–Crippen LogP) is 5.33. The predicted molar refractivity (Wildman–Crippen MR) is 113 cm³/mol. The Balaban J connectivity index is 1.79. The lowest BCUT2D eigenvalue weighted by atomic mass is 9.99. The van der Waals surface area contributed by atoms with Crippen molar-refractivity contribution >= 4 is 11.6 Å². The van der Waals surface area contributed by atoms with Crippen molar-refractivity contribution in [2.75, 3.05) is 12.4 Å². The molecule has 2 aromatic rings. The summed E-state index contributed by atoms with van der Waals surface area (Å²) in [4.78, 5) is 16.4. The fourth-order valence-corrected chi connectivity index (χ4v) is 3.78. The summed E-state index contributed by atoms with van der Waals surface area (Å²) in [5, 5.41) is 5.45. The molecule has 1 aliphatic carbocycles. The van der Waals surface area contributed by atoms with E-state index in [1.165, 1.54) is 13.0 Å². The molecule has 1 heterocycles. The number of amides is 1. The van der Waals surface area contributed by atoms with Crippen LogP contribution in [-0.4, -0.2) is 24.0 Å². The first-order valence-corrected chi connectivity index (χ1v) is 10.6. The van der Waals surface area contributed by atoms with E-state index in [0.29, 0.717) is 22.4 Å². The number of aromatic nitrogens is 1. The number of benzene rings is 1. The number of nitrogens with one attached hydrogen (secondary N) is 2. The maximum Gasteiger partial charge on any atom is 0.433 e. The molecule has 1 saturated carbocycles. The van der Waals surface area contributed by atoms with Gasteiger partial charge in [-0.05, 0) is 68.9 Å². The summed E-state index contributed by atoms with van der Waals surface area (Å²) in [7, 11) is 1.60. The van der Waals surface area contributed by atoms with Gasteiger partial charge in [0.05, 0.1) is 11.6 Å². The van der Waals surface area contributed by atoms with Crippen molar-refractivity contribution in [2.24, 2.45) is 0 Å². The van der Waals surface area contributed by atoms with Crippen molar-refractivity contribution in [1.29, 1.82) is 0 Å². The number of aryl methyl sites for hydroxylation is 1. The molecular weight excluding hydrogens is 426 g/mol. The van der Waals surface area contributed by atoms with Gasteiger partial charge in [-0.15, -0.1) is 0 Å². The van der Waals surface area contributed by atoms with E-state index < -0.39 is 23.6 Å². The van der Waals surface area contributed by atoms with Gasteiger partial charge in [0, 0.05) is 19.2 Å². The molecule has 1 fully saturated rings. The Bertz CT molecular complexity index is 972. The molecule has 9 heteroatoms. The van der Waals surface area contributed by atoms with E-state index in [-0.39, 0.29) is 24.4 Å². The highest BCUT2D eigenvalue weighted by molar-refractivity contribution is 5.83. The average molecular weight is 453 g/mol. The molecule has 0 radical (unpaired) electrons. The molecule has 0 spiro atoms. The lowest BCUT2D eigenvalue weighted by Gasteiger charge is -2.20. The van der Waals surface area contributed by atoms with Crippen molar-refractivity contribution in [3.8, 4) is 5.88 Å². The SMILES string of the molecule is CNc1ccc(C(C)C(=O)NCc2c(C)cc(C(F)(F)F)nc2OC2CCCC2)cc1F. The summed E-state index contributed by atoms with van der Waals surface area (Å²) in [6, 6.07) is 5.44. The number of anilines is 1. The van der Waals surface area contributed by atoms with Crippen molar-refractivity contribution in [2.45, 2.75) is 64.3 Å². The summed E-state index contributed by atoms with van der Waals surface area (Å²) < 4.78 is 59.7. The maximum absolute atomic E-state index is 14.0. The fourth-order valence-electron chi connectivity index (χ4n) is 3.78. The van der Waals surface area contributed by atoms with E-state index in [9.17, 15) is 22.4 Å². The van der Waals surface area contributed by atoms with Gasteiger partial charge in [0.1, 0.15) is 17.6 Å². The lowest BCUT2D eigenvalue weighted by molar-refractivity contribution is -0.141. The molecule has 3 rings (SSSR count). The Labute approximate surface area is 184 Å². The summed E-state index contributed by atoms with van der Waals surface area (Å²) >= 11 is 0. The number of rotatable bonds is 7. The highest BCUT2D eigenvalue weighted by Crippen LogP contribution is 2.34. The molecule has 32 heavy (non-hydrogen) atoms. The molecule has 2 N–H and O–H groups in total. The normalized spacial score (nSPS) is 15.5. The minimum absolute atomic E-state index is 0.0424. The van der Waals surface area contributed by atoms with Gasteiger partial charge in [0.15, 0.2) is 0 Å². The molecule has 1 aromatic heterocycles. The van der Waals surface area contributed by atoms with Crippen molar-refractivity contribution in [1.82, 2.24) is 10.3 Å². The Morgan fingerprint density at radius 2 is 1.94 bits per heavy atom. The zero-order chi connectivity index (χ0) is 23.5. The molecule has 1 aliphatic rings. The molecule has 1 unspecified atom stereocenters. The molecule has 5 nitrogen and oxygen atoms in total. The standard InChI is InChI=1S/C23H27F4N3O2/c1-13-10-20(23(25,26)27)30-22(32-16-6-4-5-7-16)17(13)12-29-21(31)14(2)15-8-9-19(28-3)18(24)11-15/h8-11,14,16,28H,4-7,12H2,1-3H3,(H,29,31). The molecule has 174 valence electrons. The van der Waals surface area contributed by atoms with E-state index in [0.717, 1.165) is 31.7 Å². The van der Waals surface area contributed by atoms with Crippen LogP contribution >= 0.6 is 0 Å². The van der Waals surface area contributed by atoms with Crippen LogP contribution in [0, 0.1) is 12.7 Å². The zero-order valence-electron chi connectivity index (χ0n) is 18.3. The number of hydrogen-bond donors (Lipinski definition) is 2. The van der Waals surface area contributed by atoms with Crippen LogP contribution in [0.15, 0.2) is 24.3 Å². The van der Waals surface area contributed by atoms with Crippen LogP contribution in [0.25, 0.3) is 0 Å². The summed E-state index contributed by atoms with van der Waals surface area (Å²) in [5.41, 5.74) is 0.525. The Morgan fingerprint density at radius 1 is 1.25 bits per heavy atom. The van der Waals surface area contributed by atoms with E-state index in [1.54, 1.807) is 26.1 Å². The monoisotopic (exact) mass is 453 g/mol. The van der Waals surface area contributed by atoms with Gasteiger partial charge in [-0.2, -0.15) is 13.2 Å². The number of ether oxygens (including phenoxy) is 1. The Hall–Kier alpha value is -2.84. The number of hydrogen-bond acceptors (Lipinski definition) is 4. The van der Waals surface area contributed by atoms with E-state index >= 15 is 0 Å². The quantitative estimate of drug-likeness (QED) is 0.556. The second-order valence-corrected chi connectivity index (χ2v) is 8.06. The highest BCUT2D eigenvalue weighted by Gasteiger charge is 2.34. The zero-order valence-corrected chi connectivity index (χ0v) is 18.3. The van der Waals surface area contributed by atoms with Crippen LogP contribution in [0.1, 0.15) is 60.9 Å². The number of carbonyl (C=O) groups excluding carboxylic acids is 1. The summed E-state index contributed by atoms with van der Waals surface area (Å²) in [5.74, 6) is -1.61. The maximum atomic E-state index is 14.0. The van der Waals surface area contributed by atoms with Gasteiger partial charge in [-0.3, -0.25) is 4.79 Å². The second kappa shape index (κ2) is 9.75. The third kappa shape index (κ3) is 5.49. The number of alkyl halides is 3. The minimum atomic E-state index is -4.60. The molecule has 1 aromatic carbocycles. The average Bonchev–Trinajstić information content (AvgIpc) is 3.24. The van der Waals surface area contributed by atoms with Crippen LogP contribution in [0.5, 0.6) is 5.88 Å². The molecule has 0 aliphatic heterocycles. The van der Waals surface area contributed by atoms with Crippen LogP contribution < -0.4 is 15.4 Å². The fraction of sp³-hybridized carbons (Fsp3) is 0.478. The van der Waals surface area contributed by atoms with Gasteiger partial charge >= 0.3 is 6.18 Å². The van der Waals surface area contributed by atoms with Gasteiger partial charge < -0.3 is 15.4 Å². The van der Waals surface area contributed by atoms with E-state index in [1.807, 2.05) is 0 Å². The summed E-state index contributed by atoms with van der Waals surface area (Å²) in [6.07, 6.45) is -1.36. The van der Waals surface area contributed by atoms with Crippen molar-refractivity contribution in [3.63, 3.8) is 0 Å². The minimum Gasteiger partial charge on any atom is -0.474 e. The number of nitrogens with zero attached hydrogens (tertiary/aromatic N) is 1. The van der Waals surface area contributed by atoms with Gasteiger partial charge in [-0.25, -0.2) is 9.37 Å². The first-order chi connectivity index (χ1) is 15.1. The lowest BCUT2D eigenvalue weighted by Crippen LogP contribution is -2.29. The Kier molecular flexibility index (Phi) is 7.26. The van der Waals surface area contributed by atoms with Gasteiger partial charge in [-0.1, -0.05) is 6.07 Å². The first-order valence-electron chi connectivity index (χ1n) is 10.6. The molecule has 0 bridgehead atoms. The van der Waals surface area contributed by atoms with Crippen molar-refractivity contribution < 1.29 is 27.1 Å². The van der Waals surface area contributed by atoms with E-state index in [4.69, 9.17) is 4.74 Å². The van der Waals surface area contributed by atoms with Crippen LogP contribution in [0.4, 0.5) is 23.2 Å². The largest absolute Gasteiger partial charge is 0.474 e. The summed E-state index contributed by atoms with van der Waals surface area (Å²) in [6.45, 7) is 3.13. The Morgan fingerprint density at radius 3 is 2.53 bits per heavy atom. The topological polar surface area (TPSA) is 63.2 Å². The third-order valence-corrected chi connectivity index (χ3v) is 5.78. The van der Waals surface area contributed by atoms with Crippen molar-refractivity contribution in [3.05, 3.63) is 52.5 Å². The third-order valence-electron chi connectivity index (χ3n) is 5.78. The van der Waals surface area contributed by atoms with Crippen LogP contribution in [-0.2, 0) is 17.5 Å². The molecular formula is C23H27F4N3O2. The highest BCUT2D eigenvalue weighted by atomic mass is 19.4. The smallest absolute Gasteiger partial charge is 0.433 e. The number of halogens is 4. The first kappa shape index (κ1) is 23.8. The molecule has 0 saturated heterocycles. The molecule has 1 amide bonds. The van der Waals surface area contributed by atoms with Crippen LogP contribution in [0.3, 0.4) is 0 Å².